The van der Waals surface area contributed by atoms with Crippen LogP contribution in [-0.2, 0) is 4.74 Å². The van der Waals surface area contributed by atoms with Crippen molar-refractivity contribution in [1.82, 2.24) is 0 Å². The molecule has 1 heterocycles. The molecule has 9 heavy (non-hydrogen) atoms. The molecule has 2 heteroatoms. The van der Waals surface area contributed by atoms with E-state index in [1.807, 2.05) is 0 Å². The van der Waals surface area contributed by atoms with Crippen molar-refractivity contribution in [2.24, 2.45) is 11.7 Å². The lowest BCUT2D eigenvalue weighted by Crippen LogP contribution is -2.33. The number of hydrogen-bond acceptors (Lipinski definition) is 2. The fraction of sp³-hybridized carbons (Fsp3) is 1.00. The fourth-order valence-electron chi connectivity index (χ4n) is 1.18. The lowest BCUT2D eigenvalue weighted by atomic mass is 9.96. The minimum atomic E-state index is 0.310. The van der Waals surface area contributed by atoms with Crippen LogP contribution in [0.1, 0.15) is 19.8 Å². The average Bonchev–Trinajstić information content (AvgIpc) is 1.90. The van der Waals surface area contributed by atoms with Gasteiger partial charge in [-0.15, -0.1) is 0 Å². The number of rotatable bonds is 1. The molecule has 54 valence electrons. The van der Waals surface area contributed by atoms with Crippen LogP contribution in [0.2, 0.25) is 0 Å². The Hall–Kier alpha value is -0.0800. The van der Waals surface area contributed by atoms with Gasteiger partial charge >= 0.3 is 0 Å². The summed E-state index contributed by atoms with van der Waals surface area (Å²) in [5.41, 5.74) is 5.69. The molecule has 1 saturated heterocycles. The van der Waals surface area contributed by atoms with E-state index in [-0.39, 0.29) is 0 Å². The predicted molar refractivity (Wildman–Crippen MR) is 37.2 cm³/mol. The number of ether oxygens (including phenoxy) is 1. The van der Waals surface area contributed by atoms with E-state index in [2.05, 4.69) is 6.92 Å². The second-order valence-corrected chi connectivity index (χ2v) is 2.84. The first-order valence-electron chi connectivity index (χ1n) is 3.64. The Balaban J connectivity index is 2.23. The van der Waals surface area contributed by atoms with Crippen molar-refractivity contribution in [3.8, 4) is 0 Å². The highest BCUT2D eigenvalue weighted by atomic mass is 16.5. The maximum absolute atomic E-state index is 5.69. The highest BCUT2D eigenvalue weighted by molar-refractivity contribution is 4.70. The number of hydrogen-bond donors (Lipinski definition) is 1. The molecule has 1 fully saturated rings. The second-order valence-electron chi connectivity index (χ2n) is 2.84. The second kappa shape index (κ2) is 3.18. The van der Waals surface area contributed by atoms with Gasteiger partial charge in [0.05, 0.1) is 6.61 Å². The van der Waals surface area contributed by atoms with Crippen LogP contribution in [0, 0.1) is 5.92 Å². The summed E-state index contributed by atoms with van der Waals surface area (Å²) >= 11 is 0. The summed E-state index contributed by atoms with van der Waals surface area (Å²) < 4.78 is 5.26. The topological polar surface area (TPSA) is 35.2 Å². The third-order valence-electron chi connectivity index (χ3n) is 1.94. The summed E-state index contributed by atoms with van der Waals surface area (Å²) in [6, 6.07) is 0.310. The lowest BCUT2D eigenvalue weighted by molar-refractivity contribution is 0.0472. The molecule has 2 N–H and O–H groups in total. The molecule has 1 rings (SSSR count). The zero-order valence-corrected chi connectivity index (χ0v) is 5.97. The molecule has 0 saturated carbocycles. The first-order chi connectivity index (χ1) is 4.30. The highest BCUT2D eigenvalue weighted by Gasteiger charge is 2.16. The molecule has 0 bridgehead atoms. The third kappa shape index (κ3) is 1.95. The van der Waals surface area contributed by atoms with Crippen molar-refractivity contribution in [1.29, 1.82) is 0 Å². The van der Waals surface area contributed by atoms with Crippen molar-refractivity contribution in [2.45, 2.75) is 25.8 Å². The van der Waals surface area contributed by atoms with E-state index in [9.17, 15) is 0 Å². The lowest BCUT2D eigenvalue weighted by Gasteiger charge is -2.24. The van der Waals surface area contributed by atoms with Gasteiger partial charge in [-0.05, 0) is 25.7 Å². The number of nitrogens with two attached hydrogens (primary N) is 1. The fourth-order valence-corrected chi connectivity index (χ4v) is 1.18. The average molecular weight is 129 g/mol. The molecule has 0 aliphatic carbocycles. The van der Waals surface area contributed by atoms with Crippen molar-refractivity contribution < 1.29 is 4.74 Å². The van der Waals surface area contributed by atoms with E-state index in [0.717, 1.165) is 13.2 Å². The van der Waals surface area contributed by atoms with Crippen molar-refractivity contribution in [3.63, 3.8) is 0 Å². The predicted octanol–water partition coefficient (Wildman–Crippen LogP) is 0.760. The van der Waals surface area contributed by atoms with Crippen LogP contribution in [0.3, 0.4) is 0 Å². The quantitative estimate of drug-likeness (QED) is 0.567. The van der Waals surface area contributed by atoms with Gasteiger partial charge in [-0.25, -0.2) is 0 Å². The molecular formula is C7H15NO. The summed E-state index contributed by atoms with van der Waals surface area (Å²) in [6.45, 7) is 3.86. The third-order valence-corrected chi connectivity index (χ3v) is 1.94. The molecule has 0 aromatic heterocycles. The summed E-state index contributed by atoms with van der Waals surface area (Å²) in [5.74, 6) is 0.610. The molecule has 2 atom stereocenters. The van der Waals surface area contributed by atoms with E-state index in [0.29, 0.717) is 12.0 Å². The smallest absolute Gasteiger partial charge is 0.0508 e. The normalized spacial score (nSPS) is 32.0. The minimum Gasteiger partial charge on any atom is -0.381 e. The molecule has 0 radical (unpaired) electrons. The molecule has 0 aromatic carbocycles. The van der Waals surface area contributed by atoms with Gasteiger partial charge in [-0.3, -0.25) is 0 Å². The molecule has 0 spiro atoms. The van der Waals surface area contributed by atoms with Gasteiger partial charge in [0.25, 0.3) is 0 Å². The van der Waals surface area contributed by atoms with Crippen molar-refractivity contribution >= 4 is 0 Å². The van der Waals surface area contributed by atoms with Crippen molar-refractivity contribution in [2.75, 3.05) is 13.2 Å². The van der Waals surface area contributed by atoms with Gasteiger partial charge in [0, 0.05) is 12.6 Å². The van der Waals surface area contributed by atoms with Crippen LogP contribution in [0.4, 0.5) is 0 Å². The largest absolute Gasteiger partial charge is 0.381 e. The Morgan fingerprint density at radius 1 is 1.67 bits per heavy atom. The Morgan fingerprint density at radius 3 is 2.78 bits per heavy atom. The van der Waals surface area contributed by atoms with E-state index in [4.69, 9.17) is 10.5 Å². The monoisotopic (exact) mass is 129 g/mol. The SMILES string of the molecule is C[C@@H](N)[C@@H]1CCCOC1. The van der Waals surface area contributed by atoms with E-state index >= 15 is 0 Å². The van der Waals surface area contributed by atoms with E-state index in [1.165, 1.54) is 12.8 Å². The molecular weight excluding hydrogens is 114 g/mol. The first kappa shape index (κ1) is 7.03. The molecule has 0 amide bonds. The van der Waals surface area contributed by atoms with Gasteiger partial charge in [0.1, 0.15) is 0 Å². The van der Waals surface area contributed by atoms with Gasteiger partial charge in [0.2, 0.25) is 0 Å². The van der Waals surface area contributed by atoms with Gasteiger partial charge < -0.3 is 10.5 Å². The maximum atomic E-state index is 5.69. The van der Waals surface area contributed by atoms with Crippen LogP contribution >= 0.6 is 0 Å². The zero-order valence-electron chi connectivity index (χ0n) is 5.97. The van der Waals surface area contributed by atoms with Crippen LogP contribution < -0.4 is 5.73 Å². The Labute approximate surface area is 56.4 Å². The van der Waals surface area contributed by atoms with E-state index < -0.39 is 0 Å². The van der Waals surface area contributed by atoms with Gasteiger partial charge in [-0.1, -0.05) is 0 Å². The highest BCUT2D eigenvalue weighted by Crippen LogP contribution is 2.15. The van der Waals surface area contributed by atoms with Gasteiger partial charge in [0.15, 0.2) is 0 Å². The van der Waals surface area contributed by atoms with Crippen LogP contribution in [0.25, 0.3) is 0 Å². The van der Waals surface area contributed by atoms with E-state index in [1.54, 1.807) is 0 Å². The van der Waals surface area contributed by atoms with Crippen LogP contribution in [0.5, 0.6) is 0 Å². The summed E-state index contributed by atoms with van der Waals surface area (Å²) in [4.78, 5) is 0. The maximum Gasteiger partial charge on any atom is 0.0508 e. The molecule has 0 aromatic rings. The standard InChI is InChI=1S/C7H15NO/c1-6(8)7-3-2-4-9-5-7/h6-7H,2-5,8H2,1H3/t6-,7-/m1/s1. The summed E-state index contributed by atoms with van der Waals surface area (Å²) in [5, 5.41) is 0. The molecule has 1 aliphatic heterocycles. The zero-order chi connectivity index (χ0) is 6.69. The Morgan fingerprint density at radius 2 is 2.44 bits per heavy atom. The summed E-state index contributed by atoms with van der Waals surface area (Å²) in [7, 11) is 0. The molecule has 0 unspecified atom stereocenters. The Kier molecular flexibility index (Phi) is 2.49. The van der Waals surface area contributed by atoms with Crippen LogP contribution in [-0.4, -0.2) is 19.3 Å². The van der Waals surface area contributed by atoms with Crippen molar-refractivity contribution in [3.05, 3.63) is 0 Å². The first-order valence-corrected chi connectivity index (χ1v) is 3.64. The van der Waals surface area contributed by atoms with Gasteiger partial charge in [-0.2, -0.15) is 0 Å². The Bertz CT molecular complexity index is 77.0. The van der Waals surface area contributed by atoms with Crippen LogP contribution in [0.15, 0.2) is 0 Å². The minimum absolute atomic E-state index is 0.310. The molecule has 1 aliphatic rings. The molecule has 2 nitrogen and oxygen atoms in total. The summed E-state index contributed by atoms with van der Waals surface area (Å²) in [6.07, 6.45) is 2.43.